The Labute approximate surface area is 148 Å². The topological polar surface area (TPSA) is 64.6 Å². The predicted octanol–water partition coefficient (Wildman–Crippen LogP) is 3.01. The molecule has 5 heteroatoms. The van der Waals surface area contributed by atoms with Crippen molar-refractivity contribution in [3.05, 3.63) is 65.7 Å². The van der Waals surface area contributed by atoms with Gasteiger partial charge in [0.25, 0.3) is 5.91 Å². The predicted molar refractivity (Wildman–Crippen MR) is 95.2 cm³/mol. The number of hydrogen-bond acceptors (Lipinski definition) is 4. The zero-order valence-electron chi connectivity index (χ0n) is 14.4. The first kappa shape index (κ1) is 18.5. The third-order valence-electron chi connectivity index (χ3n) is 3.51. The van der Waals surface area contributed by atoms with E-state index in [1.807, 2.05) is 61.5 Å². The van der Waals surface area contributed by atoms with Crippen LogP contribution in [0.4, 0.5) is 0 Å². The summed E-state index contributed by atoms with van der Waals surface area (Å²) in [5.74, 6) is 0.0646. The molecule has 0 atom stereocenters. The molecular weight excluding hydrogens is 318 g/mol. The largest absolute Gasteiger partial charge is 0.494 e. The minimum Gasteiger partial charge on any atom is -0.494 e. The van der Waals surface area contributed by atoms with Crippen LogP contribution >= 0.6 is 0 Å². The Morgan fingerprint density at radius 2 is 1.72 bits per heavy atom. The van der Waals surface area contributed by atoms with E-state index < -0.39 is 5.97 Å². The van der Waals surface area contributed by atoms with E-state index in [1.165, 1.54) is 5.56 Å². The molecule has 0 fully saturated rings. The maximum atomic E-state index is 11.7. The van der Waals surface area contributed by atoms with Crippen LogP contribution in [-0.4, -0.2) is 25.1 Å². The van der Waals surface area contributed by atoms with Gasteiger partial charge in [-0.1, -0.05) is 48.0 Å². The highest BCUT2D eigenvalue weighted by Gasteiger charge is 2.07. The van der Waals surface area contributed by atoms with E-state index >= 15 is 0 Å². The van der Waals surface area contributed by atoms with Crippen molar-refractivity contribution < 1.29 is 19.1 Å². The summed E-state index contributed by atoms with van der Waals surface area (Å²) in [6.07, 6.45) is 0.760. The molecule has 1 amide bonds. The highest BCUT2D eigenvalue weighted by molar-refractivity contribution is 5.80. The standard InChI is InChI=1S/C20H23NO4/c1-16-9-11-18(12-10-16)24-13-5-8-20(23)25-15-19(22)21-14-17-6-3-2-4-7-17/h2-4,6-7,9-12H,5,8,13-15H2,1H3,(H,21,22). The minimum atomic E-state index is -0.401. The number of rotatable bonds is 9. The number of amides is 1. The SMILES string of the molecule is Cc1ccc(OCCCC(=O)OCC(=O)NCc2ccccc2)cc1. The molecule has 2 rings (SSSR count). The van der Waals surface area contributed by atoms with E-state index in [4.69, 9.17) is 9.47 Å². The quantitative estimate of drug-likeness (QED) is 0.562. The number of benzene rings is 2. The second kappa shape index (κ2) is 10.1. The van der Waals surface area contributed by atoms with Crippen molar-refractivity contribution in [3.8, 4) is 5.75 Å². The fraction of sp³-hybridized carbons (Fsp3) is 0.300. The number of nitrogens with one attached hydrogen (secondary N) is 1. The highest BCUT2D eigenvalue weighted by atomic mass is 16.5. The van der Waals surface area contributed by atoms with Crippen molar-refractivity contribution in [1.82, 2.24) is 5.32 Å². The molecule has 0 heterocycles. The van der Waals surface area contributed by atoms with Gasteiger partial charge in [0.2, 0.25) is 0 Å². The summed E-state index contributed by atoms with van der Waals surface area (Å²) >= 11 is 0. The fourth-order valence-corrected chi connectivity index (χ4v) is 2.11. The van der Waals surface area contributed by atoms with E-state index in [-0.39, 0.29) is 18.9 Å². The molecule has 0 bridgehead atoms. The Morgan fingerprint density at radius 3 is 2.44 bits per heavy atom. The number of carbonyl (C=O) groups excluding carboxylic acids is 2. The van der Waals surface area contributed by atoms with Crippen LogP contribution in [-0.2, 0) is 20.9 Å². The Balaban J connectivity index is 1.54. The summed E-state index contributed by atoms with van der Waals surface area (Å²) in [7, 11) is 0. The van der Waals surface area contributed by atoms with Crippen molar-refractivity contribution in [2.45, 2.75) is 26.3 Å². The smallest absolute Gasteiger partial charge is 0.306 e. The van der Waals surface area contributed by atoms with Crippen LogP contribution in [0, 0.1) is 6.92 Å². The number of esters is 1. The van der Waals surface area contributed by atoms with Gasteiger partial charge in [-0.25, -0.2) is 0 Å². The van der Waals surface area contributed by atoms with Gasteiger partial charge in [0.1, 0.15) is 5.75 Å². The number of ether oxygens (including phenoxy) is 2. The van der Waals surface area contributed by atoms with Gasteiger partial charge in [0.15, 0.2) is 6.61 Å². The van der Waals surface area contributed by atoms with Crippen LogP contribution in [0.15, 0.2) is 54.6 Å². The summed E-state index contributed by atoms with van der Waals surface area (Å²) in [4.78, 5) is 23.3. The average Bonchev–Trinajstić information content (AvgIpc) is 2.64. The van der Waals surface area contributed by atoms with Crippen LogP contribution < -0.4 is 10.1 Å². The molecule has 0 saturated heterocycles. The van der Waals surface area contributed by atoms with Crippen molar-refractivity contribution in [2.75, 3.05) is 13.2 Å². The average molecular weight is 341 g/mol. The second-order valence-corrected chi connectivity index (χ2v) is 5.69. The Morgan fingerprint density at radius 1 is 1.00 bits per heavy atom. The lowest BCUT2D eigenvalue weighted by Crippen LogP contribution is -2.28. The van der Waals surface area contributed by atoms with Crippen molar-refractivity contribution >= 4 is 11.9 Å². The van der Waals surface area contributed by atoms with E-state index in [2.05, 4.69) is 5.32 Å². The lowest BCUT2D eigenvalue weighted by atomic mass is 10.2. The van der Waals surface area contributed by atoms with Gasteiger partial charge in [0.05, 0.1) is 6.61 Å². The summed E-state index contributed by atoms with van der Waals surface area (Å²) in [5.41, 5.74) is 2.16. The number of carbonyl (C=O) groups is 2. The van der Waals surface area contributed by atoms with Gasteiger partial charge in [-0.2, -0.15) is 0 Å². The van der Waals surface area contributed by atoms with Gasteiger partial charge in [-0.3, -0.25) is 9.59 Å². The molecule has 1 N–H and O–H groups in total. The lowest BCUT2D eigenvalue weighted by molar-refractivity contribution is -0.148. The molecule has 25 heavy (non-hydrogen) atoms. The van der Waals surface area contributed by atoms with E-state index in [1.54, 1.807) is 0 Å². The van der Waals surface area contributed by atoms with Crippen LogP contribution in [0.1, 0.15) is 24.0 Å². The molecule has 0 unspecified atom stereocenters. The third-order valence-corrected chi connectivity index (χ3v) is 3.51. The van der Waals surface area contributed by atoms with E-state index in [9.17, 15) is 9.59 Å². The fourth-order valence-electron chi connectivity index (χ4n) is 2.11. The molecule has 0 aliphatic carbocycles. The van der Waals surface area contributed by atoms with E-state index in [0.29, 0.717) is 19.6 Å². The van der Waals surface area contributed by atoms with Gasteiger partial charge in [0, 0.05) is 13.0 Å². The van der Waals surface area contributed by atoms with Crippen LogP contribution in [0.25, 0.3) is 0 Å². The normalized spacial score (nSPS) is 10.1. The summed E-state index contributed by atoms with van der Waals surface area (Å²) in [5, 5.41) is 2.71. The van der Waals surface area contributed by atoms with Crippen LogP contribution in [0.2, 0.25) is 0 Å². The van der Waals surface area contributed by atoms with Gasteiger partial charge >= 0.3 is 5.97 Å². The molecular formula is C20H23NO4. The first-order chi connectivity index (χ1) is 12.1. The summed E-state index contributed by atoms with van der Waals surface area (Å²) in [6.45, 7) is 2.60. The first-order valence-electron chi connectivity index (χ1n) is 8.29. The third kappa shape index (κ3) is 7.52. The second-order valence-electron chi connectivity index (χ2n) is 5.69. The molecule has 0 spiro atoms. The Hall–Kier alpha value is -2.82. The van der Waals surface area contributed by atoms with Crippen LogP contribution in [0.3, 0.4) is 0 Å². The molecule has 132 valence electrons. The van der Waals surface area contributed by atoms with Gasteiger partial charge in [-0.05, 0) is 31.0 Å². The molecule has 0 aliphatic heterocycles. The molecule has 5 nitrogen and oxygen atoms in total. The molecule has 0 aliphatic rings. The Kier molecular flexibility index (Phi) is 7.50. The minimum absolute atomic E-state index is 0.220. The molecule has 0 saturated carbocycles. The van der Waals surface area contributed by atoms with Crippen molar-refractivity contribution in [2.24, 2.45) is 0 Å². The molecule has 0 aromatic heterocycles. The number of aryl methyl sites for hydroxylation is 1. The molecule has 2 aromatic carbocycles. The number of hydrogen-bond donors (Lipinski definition) is 1. The maximum absolute atomic E-state index is 11.7. The van der Waals surface area contributed by atoms with Crippen molar-refractivity contribution in [3.63, 3.8) is 0 Å². The maximum Gasteiger partial charge on any atom is 0.306 e. The lowest BCUT2D eigenvalue weighted by Gasteiger charge is -2.08. The zero-order valence-corrected chi connectivity index (χ0v) is 14.4. The van der Waals surface area contributed by atoms with E-state index in [0.717, 1.165) is 11.3 Å². The van der Waals surface area contributed by atoms with Crippen LogP contribution in [0.5, 0.6) is 5.75 Å². The highest BCUT2D eigenvalue weighted by Crippen LogP contribution is 2.11. The first-order valence-corrected chi connectivity index (χ1v) is 8.29. The zero-order chi connectivity index (χ0) is 17.9. The molecule has 2 aromatic rings. The summed E-state index contributed by atoms with van der Waals surface area (Å²) in [6, 6.07) is 17.3. The van der Waals surface area contributed by atoms with Crippen molar-refractivity contribution in [1.29, 1.82) is 0 Å². The molecule has 0 radical (unpaired) electrons. The van der Waals surface area contributed by atoms with Gasteiger partial charge in [-0.15, -0.1) is 0 Å². The monoisotopic (exact) mass is 341 g/mol. The van der Waals surface area contributed by atoms with Gasteiger partial charge < -0.3 is 14.8 Å². The summed E-state index contributed by atoms with van der Waals surface area (Å²) < 4.78 is 10.5. The Bertz CT molecular complexity index is 668.